The summed E-state index contributed by atoms with van der Waals surface area (Å²) in [6, 6.07) is 13.4. The molecule has 4 amide bonds. The van der Waals surface area contributed by atoms with Crippen molar-refractivity contribution < 1.29 is 14.4 Å². The molecule has 2 N–H and O–H groups in total. The van der Waals surface area contributed by atoms with Crippen LogP contribution in [0.5, 0.6) is 0 Å². The summed E-state index contributed by atoms with van der Waals surface area (Å²) in [5.41, 5.74) is 0.0726. The molecule has 0 unspecified atom stereocenters. The van der Waals surface area contributed by atoms with Crippen LogP contribution in [0.2, 0.25) is 0 Å². The summed E-state index contributed by atoms with van der Waals surface area (Å²) in [4.78, 5) is 38.2. The summed E-state index contributed by atoms with van der Waals surface area (Å²) in [7, 11) is 0. The molecule has 2 aromatic rings. The molecule has 0 aromatic heterocycles. The molecular weight excluding hydrogens is 342 g/mol. The standard InChI is InChI=1S/C21H23N3O3/c25-18(22-17-10-9-15-6-1-2-7-16(15)14-17)8-5-13-24-19(26)21(23-20(24)27)11-3-4-12-21/h1-2,6-7,9-10,14H,3-5,8,11-13H2,(H,22,25)(H,23,27). The summed E-state index contributed by atoms with van der Waals surface area (Å²) >= 11 is 0. The number of nitrogens with one attached hydrogen (secondary N) is 2. The third-order valence-electron chi connectivity index (χ3n) is 5.52. The Kier molecular flexibility index (Phi) is 4.56. The molecule has 1 heterocycles. The van der Waals surface area contributed by atoms with Gasteiger partial charge in [-0.05, 0) is 42.2 Å². The molecule has 6 heteroatoms. The van der Waals surface area contributed by atoms with E-state index in [1.807, 2.05) is 42.5 Å². The highest BCUT2D eigenvalue weighted by Crippen LogP contribution is 2.35. The Balaban J connectivity index is 1.30. The van der Waals surface area contributed by atoms with E-state index in [-0.39, 0.29) is 30.8 Å². The molecule has 27 heavy (non-hydrogen) atoms. The van der Waals surface area contributed by atoms with Crippen LogP contribution in [-0.2, 0) is 9.59 Å². The van der Waals surface area contributed by atoms with Crippen molar-refractivity contribution in [1.29, 1.82) is 0 Å². The fraction of sp³-hybridized carbons (Fsp3) is 0.381. The fourth-order valence-electron chi connectivity index (χ4n) is 4.09. The summed E-state index contributed by atoms with van der Waals surface area (Å²) in [5.74, 6) is -0.243. The van der Waals surface area contributed by atoms with Gasteiger partial charge >= 0.3 is 6.03 Å². The SMILES string of the molecule is O=C(CCCN1C(=O)NC2(CCCC2)C1=O)Nc1ccc2ccccc2c1. The second-order valence-corrected chi connectivity index (χ2v) is 7.39. The minimum absolute atomic E-state index is 0.118. The van der Waals surface area contributed by atoms with Crippen LogP contribution < -0.4 is 10.6 Å². The molecule has 0 bridgehead atoms. The van der Waals surface area contributed by atoms with Crippen molar-refractivity contribution in [2.45, 2.75) is 44.1 Å². The topological polar surface area (TPSA) is 78.5 Å². The number of rotatable bonds is 5. The lowest BCUT2D eigenvalue weighted by molar-refractivity contribution is -0.131. The van der Waals surface area contributed by atoms with Crippen LogP contribution in [0.3, 0.4) is 0 Å². The van der Waals surface area contributed by atoms with E-state index in [9.17, 15) is 14.4 Å². The minimum Gasteiger partial charge on any atom is -0.326 e. The molecule has 2 aliphatic rings. The van der Waals surface area contributed by atoms with Crippen molar-refractivity contribution in [3.63, 3.8) is 0 Å². The molecule has 4 rings (SSSR count). The van der Waals surface area contributed by atoms with Crippen LogP contribution >= 0.6 is 0 Å². The number of nitrogens with zero attached hydrogens (tertiary/aromatic N) is 1. The van der Waals surface area contributed by atoms with Gasteiger partial charge < -0.3 is 10.6 Å². The van der Waals surface area contributed by atoms with Crippen molar-refractivity contribution in [2.24, 2.45) is 0 Å². The largest absolute Gasteiger partial charge is 0.326 e. The van der Waals surface area contributed by atoms with E-state index in [4.69, 9.17) is 0 Å². The lowest BCUT2D eigenvalue weighted by Gasteiger charge is -2.19. The van der Waals surface area contributed by atoms with Crippen molar-refractivity contribution in [3.8, 4) is 0 Å². The maximum Gasteiger partial charge on any atom is 0.325 e. The molecule has 2 fully saturated rings. The molecule has 2 aromatic carbocycles. The quantitative estimate of drug-likeness (QED) is 0.797. The Morgan fingerprint density at radius 1 is 1.07 bits per heavy atom. The third-order valence-corrected chi connectivity index (χ3v) is 5.52. The van der Waals surface area contributed by atoms with Gasteiger partial charge in [0, 0.05) is 18.7 Å². The van der Waals surface area contributed by atoms with Gasteiger partial charge in [-0.2, -0.15) is 0 Å². The number of amides is 4. The van der Waals surface area contributed by atoms with Crippen molar-refractivity contribution in [1.82, 2.24) is 10.2 Å². The highest BCUT2D eigenvalue weighted by atomic mass is 16.2. The first-order valence-electron chi connectivity index (χ1n) is 9.50. The van der Waals surface area contributed by atoms with Gasteiger partial charge in [0.15, 0.2) is 0 Å². The van der Waals surface area contributed by atoms with Crippen molar-refractivity contribution in [3.05, 3.63) is 42.5 Å². The van der Waals surface area contributed by atoms with Gasteiger partial charge in [0.25, 0.3) is 5.91 Å². The molecule has 1 spiro atoms. The van der Waals surface area contributed by atoms with E-state index >= 15 is 0 Å². The van der Waals surface area contributed by atoms with Gasteiger partial charge in [-0.3, -0.25) is 14.5 Å². The first-order chi connectivity index (χ1) is 13.1. The average Bonchev–Trinajstić information content (AvgIpc) is 3.22. The number of hydrogen-bond acceptors (Lipinski definition) is 3. The lowest BCUT2D eigenvalue weighted by Crippen LogP contribution is -2.44. The summed E-state index contributed by atoms with van der Waals surface area (Å²) < 4.78 is 0. The lowest BCUT2D eigenvalue weighted by atomic mass is 9.98. The van der Waals surface area contributed by atoms with Gasteiger partial charge in [-0.25, -0.2) is 4.79 Å². The molecule has 1 aliphatic heterocycles. The van der Waals surface area contributed by atoms with E-state index in [1.165, 1.54) is 4.90 Å². The van der Waals surface area contributed by atoms with E-state index in [0.717, 1.165) is 42.1 Å². The van der Waals surface area contributed by atoms with Crippen LogP contribution in [0.4, 0.5) is 10.5 Å². The molecule has 0 atom stereocenters. The third kappa shape index (κ3) is 3.39. The number of urea groups is 1. The van der Waals surface area contributed by atoms with E-state index in [0.29, 0.717) is 6.42 Å². The Hall–Kier alpha value is -2.89. The fourth-order valence-corrected chi connectivity index (χ4v) is 4.09. The molecule has 6 nitrogen and oxygen atoms in total. The van der Waals surface area contributed by atoms with E-state index in [2.05, 4.69) is 10.6 Å². The van der Waals surface area contributed by atoms with Gasteiger partial charge in [-0.15, -0.1) is 0 Å². The number of imide groups is 1. The van der Waals surface area contributed by atoms with Crippen LogP contribution in [-0.4, -0.2) is 34.8 Å². The summed E-state index contributed by atoms with van der Waals surface area (Å²) in [6.45, 7) is 0.275. The predicted octanol–water partition coefficient (Wildman–Crippen LogP) is 3.42. The van der Waals surface area contributed by atoms with Crippen molar-refractivity contribution >= 4 is 34.3 Å². The normalized spacial score (nSPS) is 18.3. The van der Waals surface area contributed by atoms with E-state index in [1.54, 1.807) is 0 Å². The second-order valence-electron chi connectivity index (χ2n) is 7.39. The Bertz CT molecular complexity index is 902. The zero-order valence-electron chi connectivity index (χ0n) is 15.2. The van der Waals surface area contributed by atoms with Crippen LogP contribution in [0.15, 0.2) is 42.5 Å². The molecule has 1 saturated heterocycles. The Morgan fingerprint density at radius 3 is 2.59 bits per heavy atom. The maximum absolute atomic E-state index is 12.6. The van der Waals surface area contributed by atoms with Gasteiger partial charge in [0.2, 0.25) is 5.91 Å². The monoisotopic (exact) mass is 365 g/mol. The minimum atomic E-state index is -0.676. The summed E-state index contributed by atoms with van der Waals surface area (Å²) in [6.07, 6.45) is 4.08. The zero-order valence-corrected chi connectivity index (χ0v) is 15.2. The molecule has 0 radical (unpaired) electrons. The highest BCUT2D eigenvalue weighted by Gasteiger charge is 2.51. The Labute approximate surface area is 157 Å². The average molecular weight is 365 g/mol. The molecule has 140 valence electrons. The highest BCUT2D eigenvalue weighted by molar-refractivity contribution is 6.07. The Morgan fingerprint density at radius 2 is 1.81 bits per heavy atom. The first kappa shape index (κ1) is 17.5. The van der Waals surface area contributed by atoms with Crippen LogP contribution in [0, 0.1) is 0 Å². The smallest absolute Gasteiger partial charge is 0.325 e. The van der Waals surface area contributed by atoms with Gasteiger partial charge in [0.05, 0.1) is 0 Å². The predicted molar refractivity (Wildman–Crippen MR) is 103 cm³/mol. The zero-order chi connectivity index (χ0) is 18.9. The molecule has 1 saturated carbocycles. The van der Waals surface area contributed by atoms with Crippen LogP contribution in [0.25, 0.3) is 10.8 Å². The van der Waals surface area contributed by atoms with Gasteiger partial charge in [0.1, 0.15) is 5.54 Å². The maximum atomic E-state index is 12.6. The van der Waals surface area contributed by atoms with Crippen LogP contribution in [0.1, 0.15) is 38.5 Å². The number of carbonyl (C=O) groups is 3. The second kappa shape index (κ2) is 7.02. The first-order valence-corrected chi connectivity index (χ1v) is 9.50. The van der Waals surface area contributed by atoms with Crippen molar-refractivity contribution in [2.75, 3.05) is 11.9 Å². The number of hydrogen-bond donors (Lipinski definition) is 2. The number of carbonyl (C=O) groups excluding carboxylic acids is 3. The molecular formula is C21H23N3O3. The number of fused-ring (bicyclic) bond motifs is 1. The summed E-state index contributed by atoms with van der Waals surface area (Å²) in [5, 5.41) is 7.93. The molecule has 1 aliphatic carbocycles. The van der Waals surface area contributed by atoms with E-state index < -0.39 is 5.54 Å². The number of anilines is 1. The number of benzene rings is 2. The van der Waals surface area contributed by atoms with Gasteiger partial charge in [-0.1, -0.05) is 43.2 Å².